The van der Waals surface area contributed by atoms with Crippen molar-refractivity contribution in [3.63, 3.8) is 0 Å². The third kappa shape index (κ3) is 3.19. The van der Waals surface area contributed by atoms with Gasteiger partial charge in [0.1, 0.15) is 6.29 Å². The number of anilines is 1. The van der Waals surface area contributed by atoms with Crippen LogP contribution in [0.3, 0.4) is 0 Å². The quantitative estimate of drug-likeness (QED) is 0.672. The lowest BCUT2D eigenvalue weighted by Crippen LogP contribution is -2.39. The zero-order chi connectivity index (χ0) is 13.7. The lowest BCUT2D eigenvalue weighted by molar-refractivity contribution is 0.0950. The Morgan fingerprint density at radius 2 is 1.68 bits per heavy atom. The zero-order valence-corrected chi connectivity index (χ0v) is 10.5. The topological polar surface area (TPSA) is 49.4 Å². The summed E-state index contributed by atoms with van der Waals surface area (Å²) < 4.78 is 0. The highest BCUT2D eigenvalue weighted by Crippen LogP contribution is 2.09. The summed E-state index contributed by atoms with van der Waals surface area (Å²) in [5, 5.41) is 1.65. The van der Waals surface area contributed by atoms with Crippen molar-refractivity contribution in [3.8, 4) is 0 Å². The first-order chi connectivity index (χ1) is 9.20. The predicted molar refractivity (Wildman–Crippen MR) is 74.1 cm³/mol. The van der Waals surface area contributed by atoms with Crippen LogP contribution in [0.5, 0.6) is 0 Å². The van der Waals surface area contributed by atoms with Gasteiger partial charge in [0.25, 0.3) is 5.91 Å². The Morgan fingerprint density at radius 3 is 2.26 bits per heavy atom. The van der Waals surface area contributed by atoms with Gasteiger partial charge in [0, 0.05) is 18.2 Å². The number of hydrogen-bond donors (Lipinski definition) is 1. The molecule has 1 amide bonds. The molecule has 0 fully saturated rings. The second-order valence-corrected chi connectivity index (χ2v) is 4.08. The van der Waals surface area contributed by atoms with E-state index in [1.54, 1.807) is 36.3 Å². The van der Waals surface area contributed by atoms with Crippen molar-refractivity contribution in [1.29, 1.82) is 0 Å². The molecule has 0 aliphatic carbocycles. The number of aldehydes is 1. The second kappa shape index (κ2) is 5.82. The third-order valence-electron chi connectivity index (χ3n) is 2.72. The fraction of sp³-hybridized carbons (Fsp3) is 0.0667. The van der Waals surface area contributed by atoms with Crippen molar-refractivity contribution < 1.29 is 9.59 Å². The first-order valence-corrected chi connectivity index (χ1v) is 5.85. The van der Waals surface area contributed by atoms with E-state index in [9.17, 15) is 9.59 Å². The fourth-order valence-corrected chi connectivity index (χ4v) is 1.65. The second-order valence-electron chi connectivity index (χ2n) is 4.08. The molecule has 0 bridgehead atoms. The first kappa shape index (κ1) is 12.8. The van der Waals surface area contributed by atoms with E-state index in [0.29, 0.717) is 11.1 Å². The van der Waals surface area contributed by atoms with E-state index >= 15 is 0 Å². The Morgan fingerprint density at radius 1 is 1.05 bits per heavy atom. The molecule has 4 nitrogen and oxygen atoms in total. The molecule has 0 aliphatic heterocycles. The van der Waals surface area contributed by atoms with Crippen LogP contribution in [-0.4, -0.2) is 19.2 Å². The van der Waals surface area contributed by atoms with E-state index in [2.05, 4.69) is 5.43 Å². The zero-order valence-electron chi connectivity index (χ0n) is 10.5. The number of carbonyl (C=O) groups excluding carboxylic acids is 2. The molecule has 0 saturated carbocycles. The summed E-state index contributed by atoms with van der Waals surface area (Å²) >= 11 is 0. The van der Waals surface area contributed by atoms with Crippen LogP contribution in [-0.2, 0) is 0 Å². The minimum atomic E-state index is -0.219. The van der Waals surface area contributed by atoms with Crippen molar-refractivity contribution in [2.75, 3.05) is 12.1 Å². The lowest BCUT2D eigenvalue weighted by Gasteiger charge is -2.20. The monoisotopic (exact) mass is 254 g/mol. The van der Waals surface area contributed by atoms with E-state index in [4.69, 9.17) is 0 Å². The van der Waals surface area contributed by atoms with Gasteiger partial charge in [0.2, 0.25) is 0 Å². The molecule has 0 saturated heterocycles. The van der Waals surface area contributed by atoms with Crippen molar-refractivity contribution in [1.82, 2.24) is 5.43 Å². The SMILES string of the molecule is CN(NC(=O)c1ccc(C=O)cc1)c1ccccc1. The minimum absolute atomic E-state index is 0.219. The maximum absolute atomic E-state index is 12.0. The molecular formula is C15H14N2O2. The average molecular weight is 254 g/mol. The van der Waals surface area contributed by atoms with E-state index < -0.39 is 0 Å². The number of amides is 1. The highest BCUT2D eigenvalue weighted by Gasteiger charge is 2.08. The van der Waals surface area contributed by atoms with Gasteiger partial charge in [0.05, 0.1) is 5.69 Å². The number of hydrogen-bond acceptors (Lipinski definition) is 3. The fourth-order valence-electron chi connectivity index (χ4n) is 1.65. The number of nitrogens with one attached hydrogen (secondary N) is 1. The van der Waals surface area contributed by atoms with Gasteiger partial charge in [-0.2, -0.15) is 0 Å². The van der Waals surface area contributed by atoms with Crippen LogP contribution in [0.15, 0.2) is 54.6 Å². The molecule has 0 atom stereocenters. The van der Waals surface area contributed by atoms with Gasteiger partial charge in [-0.05, 0) is 24.3 Å². The number of hydrazine groups is 1. The maximum Gasteiger partial charge on any atom is 0.269 e. The van der Waals surface area contributed by atoms with Gasteiger partial charge < -0.3 is 0 Å². The molecular weight excluding hydrogens is 240 g/mol. The van der Waals surface area contributed by atoms with Crippen molar-refractivity contribution in [3.05, 3.63) is 65.7 Å². The van der Waals surface area contributed by atoms with Gasteiger partial charge in [0.15, 0.2) is 0 Å². The van der Waals surface area contributed by atoms with Crippen LogP contribution in [0, 0.1) is 0 Å². The number of rotatable bonds is 4. The van der Waals surface area contributed by atoms with Crippen LogP contribution < -0.4 is 10.4 Å². The molecule has 0 aliphatic rings. The molecule has 0 aromatic heterocycles. The number of benzene rings is 2. The first-order valence-electron chi connectivity index (χ1n) is 5.85. The van der Waals surface area contributed by atoms with Gasteiger partial charge in [-0.3, -0.25) is 20.0 Å². The summed E-state index contributed by atoms with van der Waals surface area (Å²) in [7, 11) is 1.77. The Kier molecular flexibility index (Phi) is 3.93. The van der Waals surface area contributed by atoms with E-state index in [1.165, 1.54) is 0 Å². The Bertz CT molecular complexity index is 564. The number of para-hydroxylation sites is 1. The van der Waals surface area contributed by atoms with Gasteiger partial charge in [-0.15, -0.1) is 0 Å². The summed E-state index contributed by atoms with van der Waals surface area (Å²) in [4.78, 5) is 22.5. The molecule has 0 spiro atoms. The molecule has 96 valence electrons. The summed E-state index contributed by atoms with van der Waals surface area (Å²) in [5.74, 6) is -0.219. The number of nitrogens with zero attached hydrogens (tertiary/aromatic N) is 1. The lowest BCUT2D eigenvalue weighted by atomic mass is 10.1. The third-order valence-corrected chi connectivity index (χ3v) is 2.72. The smallest absolute Gasteiger partial charge is 0.269 e. The minimum Gasteiger partial charge on any atom is -0.298 e. The highest BCUT2D eigenvalue weighted by atomic mass is 16.2. The summed E-state index contributed by atoms with van der Waals surface area (Å²) in [6.07, 6.45) is 0.748. The molecule has 2 rings (SSSR count). The van der Waals surface area contributed by atoms with Gasteiger partial charge in [-0.25, -0.2) is 0 Å². The largest absolute Gasteiger partial charge is 0.298 e. The standard InChI is InChI=1S/C15H14N2O2/c1-17(14-5-3-2-4-6-14)16-15(19)13-9-7-12(11-18)8-10-13/h2-11H,1H3,(H,16,19). The van der Waals surface area contributed by atoms with E-state index in [0.717, 1.165) is 12.0 Å². The average Bonchev–Trinajstić information content (AvgIpc) is 2.48. The molecule has 2 aromatic carbocycles. The number of carbonyl (C=O) groups is 2. The maximum atomic E-state index is 12.0. The van der Waals surface area contributed by atoms with Crippen LogP contribution in [0.1, 0.15) is 20.7 Å². The Balaban J connectivity index is 2.06. The Labute approximate surface area is 111 Å². The molecule has 0 radical (unpaired) electrons. The highest BCUT2D eigenvalue weighted by molar-refractivity contribution is 5.95. The van der Waals surface area contributed by atoms with Gasteiger partial charge in [-0.1, -0.05) is 30.3 Å². The molecule has 0 unspecified atom stereocenters. The van der Waals surface area contributed by atoms with Crippen LogP contribution in [0.2, 0.25) is 0 Å². The van der Waals surface area contributed by atoms with Crippen LogP contribution >= 0.6 is 0 Å². The van der Waals surface area contributed by atoms with Crippen LogP contribution in [0.4, 0.5) is 5.69 Å². The van der Waals surface area contributed by atoms with Gasteiger partial charge >= 0.3 is 0 Å². The molecule has 4 heteroatoms. The Hall–Kier alpha value is -2.62. The summed E-state index contributed by atoms with van der Waals surface area (Å²) in [6, 6.07) is 16.0. The summed E-state index contributed by atoms with van der Waals surface area (Å²) in [6.45, 7) is 0. The van der Waals surface area contributed by atoms with Crippen molar-refractivity contribution in [2.45, 2.75) is 0 Å². The van der Waals surface area contributed by atoms with Crippen LogP contribution in [0.25, 0.3) is 0 Å². The summed E-state index contributed by atoms with van der Waals surface area (Å²) in [5.41, 5.74) is 4.70. The molecule has 19 heavy (non-hydrogen) atoms. The normalized spacial score (nSPS) is 9.74. The molecule has 1 N–H and O–H groups in total. The van der Waals surface area contributed by atoms with Crippen molar-refractivity contribution in [2.24, 2.45) is 0 Å². The molecule has 2 aromatic rings. The molecule has 0 heterocycles. The van der Waals surface area contributed by atoms with E-state index in [1.807, 2.05) is 30.3 Å². The predicted octanol–water partition coefficient (Wildman–Crippen LogP) is 2.28. The van der Waals surface area contributed by atoms with Crippen molar-refractivity contribution >= 4 is 17.9 Å². The van der Waals surface area contributed by atoms with E-state index in [-0.39, 0.29) is 5.91 Å².